The van der Waals surface area contributed by atoms with E-state index in [0.29, 0.717) is 20.8 Å². The van der Waals surface area contributed by atoms with E-state index in [1.807, 2.05) is 19.1 Å². The van der Waals surface area contributed by atoms with Crippen molar-refractivity contribution in [3.63, 3.8) is 0 Å². The van der Waals surface area contributed by atoms with Crippen LogP contribution in [0.5, 0.6) is 0 Å². The summed E-state index contributed by atoms with van der Waals surface area (Å²) in [5.74, 6) is -0.888. The van der Waals surface area contributed by atoms with Gasteiger partial charge < -0.3 is 0 Å². The first-order valence-electron chi connectivity index (χ1n) is 7.44. The molecule has 1 saturated heterocycles. The molecular weight excluding hydrogens is 369 g/mol. The number of carbonyl (C=O) groups is 2. The second kappa shape index (κ2) is 5.22. The lowest BCUT2D eigenvalue weighted by molar-refractivity contribution is -0.125. The topological polar surface area (TPSA) is 37.4 Å². The van der Waals surface area contributed by atoms with E-state index in [1.165, 1.54) is 4.90 Å². The van der Waals surface area contributed by atoms with E-state index in [0.717, 1.165) is 5.56 Å². The van der Waals surface area contributed by atoms with Crippen molar-refractivity contribution < 1.29 is 9.59 Å². The smallest absolute Gasteiger partial charge is 0.241 e. The van der Waals surface area contributed by atoms with Gasteiger partial charge in [-0.05, 0) is 42.8 Å². The molecular formula is C18H12Cl3NO2. The third-order valence-electron chi connectivity index (χ3n) is 5.00. The molecule has 122 valence electrons. The van der Waals surface area contributed by atoms with Crippen LogP contribution in [0.25, 0.3) is 0 Å². The van der Waals surface area contributed by atoms with E-state index in [9.17, 15) is 9.59 Å². The van der Waals surface area contributed by atoms with Gasteiger partial charge in [-0.25, -0.2) is 4.90 Å². The molecule has 2 aliphatic rings. The highest BCUT2D eigenvalue weighted by Gasteiger charge is 2.76. The minimum atomic E-state index is -0.723. The van der Waals surface area contributed by atoms with Gasteiger partial charge in [-0.3, -0.25) is 9.59 Å². The zero-order chi connectivity index (χ0) is 17.2. The van der Waals surface area contributed by atoms with Crippen LogP contribution in [0.2, 0.25) is 15.1 Å². The standard InChI is InChI=1S/C18H12Cl3NO2/c1-18-14(9-2-4-10(19)5-3-9)15(18)16(23)22(17(18)24)13-7-11(20)6-12(21)8-13/h2-8,14-15H,1H3/t14-,15-,18-/m0/s1. The highest BCUT2D eigenvalue weighted by molar-refractivity contribution is 6.36. The number of piperidine rings is 1. The van der Waals surface area contributed by atoms with Gasteiger partial charge in [0.2, 0.25) is 11.8 Å². The molecule has 24 heavy (non-hydrogen) atoms. The second-order valence-corrected chi connectivity index (χ2v) is 7.71. The van der Waals surface area contributed by atoms with Gasteiger partial charge in [0.1, 0.15) is 0 Å². The number of rotatable bonds is 2. The van der Waals surface area contributed by atoms with Crippen molar-refractivity contribution in [3.05, 3.63) is 63.1 Å². The summed E-state index contributed by atoms with van der Waals surface area (Å²) in [6.07, 6.45) is 0. The number of benzene rings is 2. The summed E-state index contributed by atoms with van der Waals surface area (Å²) in [5, 5.41) is 1.40. The Labute approximate surface area is 154 Å². The van der Waals surface area contributed by atoms with Crippen molar-refractivity contribution in [1.29, 1.82) is 0 Å². The quantitative estimate of drug-likeness (QED) is 0.692. The average molecular weight is 381 g/mol. The molecule has 1 aliphatic carbocycles. The van der Waals surface area contributed by atoms with Gasteiger partial charge >= 0.3 is 0 Å². The van der Waals surface area contributed by atoms with Crippen molar-refractivity contribution in [2.75, 3.05) is 4.90 Å². The van der Waals surface area contributed by atoms with Crippen molar-refractivity contribution in [2.24, 2.45) is 11.3 Å². The van der Waals surface area contributed by atoms with Crippen molar-refractivity contribution >= 4 is 52.3 Å². The van der Waals surface area contributed by atoms with Gasteiger partial charge in [0.25, 0.3) is 0 Å². The van der Waals surface area contributed by atoms with Gasteiger partial charge in [0, 0.05) is 21.0 Å². The monoisotopic (exact) mass is 379 g/mol. The molecule has 1 heterocycles. The summed E-state index contributed by atoms with van der Waals surface area (Å²) in [6, 6.07) is 12.0. The van der Waals surface area contributed by atoms with Crippen molar-refractivity contribution in [1.82, 2.24) is 0 Å². The molecule has 3 atom stereocenters. The van der Waals surface area contributed by atoms with Gasteiger partial charge in [0.15, 0.2) is 0 Å². The summed E-state index contributed by atoms with van der Waals surface area (Å²) >= 11 is 17.9. The largest absolute Gasteiger partial charge is 0.274 e. The number of hydrogen-bond donors (Lipinski definition) is 0. The summed E-state index contributed by atoms with van der Waals surface area (Å²) in [5.41, 5.74) is 0.655. The molecule has 2 aromatic rings. The molecule has 4 rings (SSSR count). The molecule has 6 heteroatoms. The van der Waals surface area contributed by atoms with Gasteiger partial charge in [-0.2, -0.15) is 0 Å². The molecule has 1 saturated carbocycles. The number of anilines is 1. The molecule has 2 fully saturated rings. The molecule has 0 aromatic heterocycles. The molecule has 2 aromatic carbocycles. The van der Waals surface area contributed by atoms with Crippen LogP contribution < -0.4 is 4.90 Å². The third-order valence-corrected chi connectivity index (χ3v) is 5.69. The Morgan fingerprint density at radius 3 is 1.96 bits per heavy atom. The Kier molecular flexibility index (Phi) is 3.47. The molecule has 3 nitrogen and oxygen atoms in total. The lowest BCUT2D eigenvalue weighted by Gasteiger charge is -2.21. The first kappa shape index (κ1) is 15.9. The first-order valence-corrected chi connectivity index (χ1v) is 8.57. The second-order valence-electron chi connectivity index (χ2n) is 6.40. The van der Waals surface area contributed by atoms with E-state index >= 15 is 0 Å². The fraction of sp³-hybridized carbons (Fsp3) is 0.222. The normalized spacial score (nSPS) is 28.2. The number of nitrogens with zero attached hydrogens (tertiary/aromatic N) is 1. The lowest BCUT2D eigenvalue weighted by Crippen LogP contribution is -2.36. The number of fused-ring (bicyclic) bond motifs is 1. The minimum Gasteiger partial charge on any atom is -0.274 e. The summed E-state index contributed by atoms with van der Waals surface area (Å²) in [6.45, 7) is 1.84. The summed E-state index contributed by atoms with van der Waals surface area (Å²) in [4.78, 5) is 27.0. The van der Waals surface area contributed by atoms with Crippen LogP contribution in [-0.2, 0) is 9.59 Å². The average Bonchev–Trinajstić information content (AvgIpc) is 3.08. The molecule has 0 N–H and O–H groups in total. The maximum atomic E-state index is 12.9. The molecule has 0 radical (unpaired) electrons. The van der Waals surface area contributed by atoms with Crippen LogP contribution >= 0.6 is 34.8 Å². The van der Waals surface area contributed by atoms with Crippen LogP contribution in [0, 0.1) is 11.3 Å². The van der Waals surface area contributed by atoms with Crippen LogP contribution in [0.3, 0.4) is 0 Å². The minimum absolute atomic E-state index is 0.110. The predicted molar refractivity (Wildman–Crippen MR) is 94.7 cm³/mol. The third kappa shape index (κ3) is 2.12. The fourth-order valence-electron chi connectivity index (χ4n) is 3.78. The van der Waals surface area contributed by atoms with E-state index in [4.69, 9.17) is 34.8 Å². The predicted octanol–water partition coefficient (Wildman–Crippen LogP) is 4.94. The number of imide groups is 1. The van der Waals surface area contributed by atoms with E-state index in [2.05, 4.69) is 0 Å². The highest BCUT2D eigenvalue weighted by Crippen LogP contribution is 2.69. The number of hydrogen-bond acceptors (Lipinski definition) is 2. The number of halogens is 3. The van der Waals surface area contributed by atoms with Crippen molar-refractivity contribution in [2.45, 2.75) is 12.8 Å². The SMILES string of the molecule is C[C@@]12C(=O)N(c3cc(Cl)cc(Cl)c3)C(=O)[C@@H]1[C@@H]2c1ccc(Cl)cc1. The van der Waals surface area contributed by atoms with Crippen LogP contribution in [0.1, 0.15) is 18.4 Å². The Hall–Kier alpha value is -1.55. The Balaban J connectivity index is 1.70. The van der Waals surface area contributed by atoms with Crippen LogP contribution in [0.15, 0.2) is 42.5 Å². The van der Waals surface area contributed by atoms with E-state index in [1.54, 1.807) is 30.3 Å². The first-order chi connectivity index (χ1) is 11.3. The molecule has 0 bridgehead atoms. The van der Waals surface area contributed by atoms with Crippen molar-refractivity contribution in [3.8, 4) is 0 Å². The van der Waals surface area contributed by atoms with Gasteiger partial charge in [-0.15, -0.1) is 0 Å². The maximum absolute atomic E-state index is 12.9. The van der Waals surface area contributed by atoms with Crippen LogP contribution in [0.4, 0.5) is 5.69 Å². The zero-order valence-corrected chi connectivity index (χ0v) is 14.9. The molecule has 2 amide bonds. The number of carbonyl (C=O) groups excluding carboxylic acids is 2. The lowest BCUT2D eigenvalue weighted by atomic mass is 10.00. The fourth-order valence-corrected chi connectivity index (χ4v) is 4.42. The highest BCUT2D eigenvalue weighted by atomic mass is 35.5. The maximum Gasteiger partial charge on any atom is 0.241 e. The Morgan fingerprint density at radius 2 is 1.46 bits per heavy atom. The van der Waals surface area contributed by atoms with E-state index in [-0.39, 0.29) is 23.7 Å². The molecule has 1 aliphatic heterocycles. The zero-order valence-electron chi connectivity index (χ0n) is 12.6. The van der Waals surface area contributed by atoms with Gasteiger partial charge in [0.05, 0.1) is 17.0 Å². The molecule has 0 unspecified atom stereocenters. The molecule has 0 spiro atoms. The Bertz CT molecular complexity index is 860. The summed E-state index contributed by atoms with van der Waals surface area (Å²) < 4.78 is 0. The number of amides is 2. The summed E-state index contributed by atoms with van der Waals surface area (Å²) in [7, 11) is 0. The van der Waals surface area contributed by atoms with E-state index < -0.39 is 5.41 Å². The van der Waals surface area contributed by atoms with Crippen LogP contribution in [-0.4, -0.2) is 11.8 Å². The Morgan fingerprint density at radius 1 is 0.875 bits per heavy atom. The van der Waals surface area contributed by atoms with Gasteiger partial charge in [-0.1, -0.05) is 46.9 Å².